The molecular formula is C21H26N4O4S. The Kier molecular flexibility index (Phi) is 6.71. The van der Waals surface area contributed by atoms with Crippen molar-refractivity contribution in [2.75, 3.05) is 39.2 Å². The van der Waals surface area contributed by atoms with Crippen LogP contribution in [0.2, 0.25) is 0 Å². The number of rotatable bonds is 8. The van der Waals surface area contributed by atoms with Gasteiger partial charge in [0.25, 0.3) is 11.5 Å². The highest BCUT2D eigenvalue weighted by molar-refractivity contribution is 7.99. The molecule has 0 spiro atoms. The maximum absolute atomic E-state index is 12.9. The van der Waals surface area contributed by atoms with Gasteiger partial charge in [0.1, 0.15) is 17.0 Å². The predicted octanol–water partition coefficient (Wildman–Crippen LogP) is 1.94. The van der Waals surface area contributed by atoms with Crippen molar-refractivity contribution in [3.05, 3.63) is 46.5 Å². The molecule has 30 heavy (non-hydrogen) atoms. The van der Waals surface area contributed by atoms with Gasteiger partial charge in [-0.15, -0.1) is 0 Å². The number of aromatic nitrogens is 3. The molecule has 3 aromatic heterocycles. The van der Waals surface area contributed by atoms with E-state index in [1.54, 1.807) is 36.1 Å². The summed E-state index contributed by atoms with van der Waals surface area (Å²) in [5, 5.41) is 4.01. The van der Waals surface area contributed by atoms with Crippen molar-refractivity contribution < 1.29 is 14.3 Å². The maximum atomic E-state index is 12.9. The molecule has 0 atom stereocenters. The lowest BCUT2D eigenvalue weighted by Crippen LogP contribution is -2.29. The molecular weight excluding hydrogens is 404 g/mol. The average molecular weight is 431 g/mol. The minimum Gasteiger partial charge on any atom is -0.383 e. The van der Waals surface area contributed by atoms with E-state index < -0.39 is 0 Å². The average Bonchev–Trinajstić information content (AvgIpc) is 3.15. The Bertz CT molecular complexity index is 1090. The van der Waals surface area contributed by atoms with Crippen molar-refractivity contribution in [2.24, 2.45) is 0 Å². The second-order valence-electron chi connectivity index (χ2n) is 7.20. The van der Waals surface area contributed by atoms with Gasteiger partial charge in [-0.2, -0.15) is 11.8 Å². The van der Waals surface area contributed by atoms with E-state index in [2.05, 4.69) is 10.3 Å². The number of hydrogen-bond acceptors (Lipinski definition) is 6. The lowest BCUT2D eigenvalue weighted by Gasteiger charge is -2.21. The molecule has 8 nitrogen and oxygen atoms in total. The number of thioether (sulfide) groups is 1. The highest BCUT2D eigenvalue weighted by Gasteiger charge is 2.20. The molecule has 160 valence electrons. The highest BCUT2D eigenvalue weighted by Crippen LogP contribution is 2.21. The first-order chi connectivity index (χ1) is 14.7. The lowest BCUT2D eigenvalue weighted by molar-refractivity contribution is 0.0943. The second kappa shape index (κ2) is 9.63. The fourth-order valence-corrected chi connectivity index (χ4v) is 4.75. The van der Waals surface area contributed by atoms with Crippen LogP contribution in [0.1, 0.15) is 23.3 Å². The van der Waals surface area contributed by atoms with Crippen LogP contribution in [0.3, 0.4) is 0 Å². The van der Waals surface area contributed by atoms with Gasteiger partial charge < -0.3 is 19.4 Å². The van der Waals surface area contributed by atoms with Gasteiger partial charge in [0.05, 0.1) is 12.0 Å². The topological polar surface area (TPSA) is 86.9 Å². The molecule has 4 heterocycles. The van der Waals surface area contributed by atoms with E-state index in [9.17, 15) is 9.59 Å². The van der Waals surface area contributed by atoms with E-state index >= 15 is 0 Å². The van der Waals surface area contributed by atoms with E-state index in [1.165, 1.54) is 4.40 Å². The summed E-state index contributed by atoms with van der Waals surface area (Å²) in [5.74, 6) is 0.643. The number of ether oxygens (including phenoxy) is 2. The summed E-state index contributed by atoms with van der Waals surface area (Å²) in [6.07, 6.45) is 3.81. The molecule has 0 saturated carbocycles. The first-order valence-electron chi connectivity index (χ1n) is 10.2. The number of pyridine rings is 1. The highest BCUT2D eigenvalue weighted by atomic mass is 32.2. The first kappa shape index (κ1) is 20.9. The van der Waals surface area contributed by atoms with Gasteiger partial charge in [0.15, 0.2) is 0 Å². The third-order valence-electron chi connectivity index (χ3n) is 5.24. The zero-order valence-electron chi connectivity index (χ0n) is 17.0. The second-order valence-corrected chi connectivity index (χ2v) is 8.60. The summed E-state index contributed by atoms with van der Waals surface area (Å²) in [6, 6.07) is 7.04. The van der Waals surface area contributed by atoms with Crippen LogP contribution in [0.15, 0.2) is 35.3 Å². The van der Waals surface area contributed by atoms with Crippen LogP contribution < -0.4 is 10.9 Å². The molecule has 0 aromatic carbocycles. The minimum absolute atomic E-state index is 0.184. The Morgan fingerprint density at radius 3 is 3.00 bits per heavy atom. The van der Waals surface area contributed by atoms with E-state index in [4.69, 9.17) is 9.47 Å². The molecule has 4 rings (SSSR count). The van der Waals surface area contributed by atoms with Gasteiger partial charge in [0.2, 0.25) is 0 Å². The summed E-state index contributed by atoms with van der Waals surface area (Å²) in [7, 11) is 1.61. The quantitative estimate of drug-likeness (QED) is 0.550. The number of nitrogens with zero attached hydrogens (tertiary/aromatic N) is 3. The minimum atomic E-state index is -0.204. The molecule has 1 aliphatic heterocycles. The molecule has 1 aliphatic rings. The molecule has 1 fully saturated rings. The first-order valence-corrected chi connectivity index (χ1v) is 11.2. The van der Waals surface area contributed by atoms with Crippen LogP contribution in [-0.2, 0) is 16.0 Å². The molecule has 1 N–H and O–H groups in total. The SMILES string of the molecule is COCCn1c(C(=O)NCCSC2CCOCC2)cc2c(=O)n3ccccc3nc21. The molecule has 1 amide bonds. The third kappa shape index (κ3) is 4.38. The Morgan fingerprint density at radius 1 is 1.37 bits per heavy atom. The standard InChI is InChI=1S/C21H26N4O4S/c1-28-12-9-24-17(20(26)22-7-13-30-15-5-10-29-11-6-15)14-16-19(24)23-18-4-2-3-8-25(18)21(16)27/h2-4,8,14-15H,5-7,9-13H2,1H3,(H,22,26). The fourth-order valence-electron chi connectivity index (χ4n) is 3.67. The number of methoxy groups -OCH3 is 1. The van der Waals surface area contributed by atoms with Crippen LogP contribution in [0.5, 0.6) is 0 Å². The number of amides is 1. The lowest BCUT2D eigenvalue weighted by atomic mass is 10.2. The Labute approximate surface area is 178 Å². The normalized spacial score (nSPS) is 15.1. The van der Waals surface area contributed by atoms with Crippen molar-refractivity contribution in [2.45, 2.75) is 24.6 Å². The zero-order valence-corrected chi connectivity index (χ0v) is 17.8. The number of carbonyl (C=O) groups excluding carboxylic acids is 1. The van der Waals surface area contributed by atoms with E-state index in [-0.39, 0.29) is 11.5 Å². The van der Waals surface area contributed by atoms with Crippen molar-refractivity contribution in [3.63, 3.8) is 0 Å². The van der Waals surface area contributed by atoms with Crippen molar-refractivity contribution in [1.29, 1.82) is 0 Å². The Balaban J connectivity index is 1.55. The fraction of sp³-hybridized carbons (Fsp3) is 0.476. The largest absolute Gasteiger partial charge is 0.383 e. The molecule has 0 bridgehead atoms. The van der Waals surface area contributed by atoms with Crippen molar-refractivity contribution >= 4 is 34.3 Å². The molecule has 1 saturated heterocycles. The van der Waals surface area contributed by atoms with Crippen molar-refractivity contribution in [1.82, 2.24) is 19.3 Å². The summed E-state index contributed by atoms with van der Waals surface area (Å²) in [4.78, 5) is 30.5. The monoisotopic (exact) mass is 430 g/mol. The number of nitrogens with one attached hydrogen (secondary N) is 1. The Morgan fingerprint density at radius 2 is 2.20 bits per heavy atom. The summed E-state index contributed by atoms with van der Waals surface area (Å²) < 4.78 is 13.9. The molecule has 0 radical (unpaired) electrons. The summed E-state index contributed by atoms with van der Waals surface area (Å²) in [5.41, 5.74) is 1.30. The van der Waals surface area contributed by atoms with Gasteiger partial charge in [-0.05, 0) is 31.0 Å². The molecule has 9 heteroatoms. The summed E-state index contributed by atoms with van der Waals surface area (Å²) >= 11 is 1.87. The number of hydrogen-bond donors (Lipinski definition) is 1. The van der Waals surface area contributed by atoms with Crippen LogP contribution in [-0.4, -0.2) is 64.3 Å². The molecule has 0 unspecified atom stereocenters. The van der Waals surface area contributed by atoms with Gasteiger partial charge in [0, 0.05) is 50.6 Å². The van der Waals surface area contributed by atoms with Gasteiger partial charge in [-0.3, -0.25) is 14.0 Å². The third-order valence-corrected chi connectivity index (χ3v) is 6.62. The number of carbonyl (C=O) groups is 1. The van der Waals surface area contributed by atoms with Crippen LogP contribution in [0, 0.1) is 0 Å². The van der Waals surface area contributed by atoms with Gasteiger partial charge in [-0.1, -0.05) is 6.07 Å². The Hall–Kier alpha value is -2.36. The zero-order chi connectivity index (χ0) is 20.9. The van der Waals surface area contributed by atoms with Crippen LogP contribution in [0.25, 0.3) is 16.7 Å². The maximum Gasteiger partial charge on any atom is 0.268 e. The smallest absolute Gasteiger partial charge is 0.268 e. The van der Waals surface area contributed by atoms with E-state index in [0.29, 0.717) is 47.3 Å². The van der Waals surface area contributed by atoms with Crippen LogP contribution in [0.4, 0.5) is 0 Å². The molecule has 3 aromatic rings. The van der Waals surface area contributed by atoms with E-state index in [0.717, 1.165) is 31.8 Å². The summed E-state index contributed by atoms with van der Waals surface area (Å²) in [6.45, 7) is 3.07. The van der Waals surface area contributed by atoms with Gasteiger partial charge >= 0.3 is 0 Å². The number of fused-ring (bicyclic) bond motifs is 2. The van der Waals surface area contributed by atoms with Gasteiger partial charge in [-0.25, -0.2) is 4.98 Å². The van der Waals surface area contributed by atoms with Crippen LogP contribution >= 0.6 is 11.8 Å². The molecule has 0 aliphatic carbocycles. The van der Waals surface area contributed by atoms with E-state index in [1.807, 2.05) is 17.8 Å². The van der Waals surface area contributed by atoms with Crippen molar-refractivity contribution in [3.8, 4) is 0 Å². The predicted molar refractivity (Wildman–Crippen MR) is 117 cm³/mol.